The van der Waals surface area contributed by atoms with E-state index in [1.54, 1.807) is 14.2 Å². The molecule has 0 heterocycles. The van der Waals surface area contributed by atoms with Gasteiger partial charge in [0.05, 0.1) is 25.6 Å². The molecule has 8 aromatic carbocycles. The van der Waals surface area contributed by atoms with E-state index in [0.29, 0.717) is 5.75 Å². The number of nitrogens with zero attached hydrogens (tertiary/aromatic N) is 1. The number of rotatable bonds is 15. The maximum atomic E-state index is 6.61. The average Bonchev–Trinajstić information content (AvgIpc) is 3.30. The molecule has 2 N–H and O–H groups in total. The van der Waals surface area contributed by atoms with Crippen molar-refractivity contribution >= 4 is 39.8 Å². The number of hydrogen-bond donors (Lipinski definition) is 2. The van der Waals surface area contributed by atoms with Gasteiger partial charge in [-0.2, -0.15) is 0 Å². The molecular formula is C53H47N3O4. The molecule has 7 nitrogen and oxygen atoms in total. The van der Waals surface area contributed by atoms with Gasteiger partial charge in [0.25, 0.3) is 0 Å². The van der Waals surface area contributed by atoms with Crippen LogP contribution in [0.3, 0.4) is 0 Å². The molecule has 0 saturated heterocycles. The van der Waals surface area contributed by atoms with Crippen LogP contribution in [0.1, 0.15) is 25.0 Å². The molecule has 0 amide bonds. The Labute approximate surface area is 352 Å². The first-order valence-corrected chi connectivity index (χ1v) is 19.9. The van der Waals surface area contributed by atoms with E-state index in [4.69, 9.17) is 18.9 Å². The lowest BCUT2D eigenvalue weighted by Gasteiger charge is -2.28. The van der Waals surface area contributed by atoms with Crippen LogP contribution in [-0.2, 0) is 5.41 Å². The Morgan fingerprint density at radius 3 is 1.35 bits per heavy atom. The molecule has 8 rings (SSSR count). The standard InChI is InChI=1S/C53H47N3O4/c1-53(2,38-22-30-46(31-23-38)59-50-20-12-11-19-49(50)56(42-14-7-5-8-15-42)43-16-9-6-10-17-43)39-24-32-47(33-25-39)60-51-21-13-18-48(54-40-26-34-44(57-3)35-27-40)52(51)55-41-28-36-45(58-4)37-29-41/h5-37,54-55H,1-4H3. The summed E-state index contributed by atoms with van der Waals surface area (Å²) in [6.45, 7) is 4.47. The maximum absolute atomic E-state index is 6.61. The summed E-state index contributed by atoms with van der Waals surface area (Å²) in [4.78, 5) is 2.22. The lowest BCUT2D eigenvalue weighted by molar-refractivity contribution is 0.415. The zero-order chi connectivity index (χ0) is 41.3. The van der Waals surface area contributed by atoms with Crippen LogP contribution in [-0.4, -0.2) is 14.2 Å². The van der Waals surface area contributed by atoms with Crippen LogP contribution >= 0.6 is 0 Å². The molecule has 298 valence electrons. The summed E-state index contributed by atoms with van der Waals surface area (Å²) in [6, 6.07) is 67.2. The summed E-state index contributed by atoms with van der Waals surface area (Å²) in [5, 5.41) is 7.12. The molecule has 0 spiro atoms. The van der Waals surface area contributed by atoms with E-state index in [-0.39, 0.29) is 5.41 Å². The Morgan fingerprint density at radius 2 is 0.833 bits per heavy atom. The molecule has 0 aliphatic rings. The van der Waals surface area contributed by atoms with Gasteiger partial charge in [-0.15, -0.1) is 0 Å². The van der Waals surface area contributed by atoms with Crippen LogP contribution in [0, 0.1) is 0 Å². The van der Waals surface area contributed by atoms with Crippen molar-refractivity contribution in [2.45, 2.75) is 19.3 Å². The highest BCUT2D eigenvalue weighted by molar-refractivity contribution is 5.84. The normalized spacial score (nSPS) is 11.0. The Morgan fingerprint density at radius 1 is 0.400 bits per heavy atom. The van der Waals surface area contributed by atoms with Crippen molar-refractivity contribution in [2.75, 3.05) is 29.8 Å². The van der Waals surface area contributed by atoms with Crippen molar-refractivity contribution in [2.24, 2.45) is 0 Å². The predicted octanol–water partition coefficient (Wildman–Crippen LogP) is 14.6. The quantitative estimate of drug-likeness (QED) is 0.107. The van der Waals surface area contributed by atoms with Crippen LogP contribution < -0.4 is 34.5 Å². The third-order valence-corrected chi connectivity index (χ3v) is 10.5. The lowest BCUT2D eigenvalue weighted by Crippen LogP contribution is -2.18. The van der Waals surface area contributed by atoms with E-state index in [0.717, 1.165) is 79.7 Å². The zero-order valence-corrected chi connectivity index (χ0v) is 34.1. The first-order valence-electron chi connectivity index (χ1n) is 19.9. The van der Waals surface area contributed by atoms with Crippen LogP contribution in [0.4, 0.5) is 39.8 Å². The van der Waals surface area contributed by atoms with E-state index in [9.17, 15) is 0 Å². The molecule has 0 unspecified atom stereocenters. The second-order valence-electron chi connectivity index (χ2n) is 14.7. The largest absolute Gasteiger partial charge is 0.497 e. The van der Waals surface area contributed by atoms with E-state index in [2.05, 4.69) is 108 Å². The van der Waals surface area contributed by atoms with Gasteiger partial charge in [0.15, 0.2) is 11.5 Å². The fourth-order valence-corrected chi connectivity index (χ4v) is 7.11. The number of ether oxygens (including phenoxy) is 4. The van der Waals surface area contributed by atoms with Crippen molar-refractivity contribution in [1.82, 2.24) is 0 Å². The summed E-state index contributed by atoms with van der Waals surface area (Å²) in [7, 11) is 3.32. The van der Waals surface area contributed by atoms with Crippen molar-refractivity contribution < 1.29 is 18.9 Å². The van der Waals surface area contributed by atoms with Crippen LogP contribution in [0.15, 0.2) is 200 Å². The lowest BCUT2D eigenvalue weighted by atomic mass is 9.78. The zero-order valence-electron chi connectivity index (χ0n) is 34.1. The Balaban J connectivity index is 1.01. The smallest absolute Gasteiger partial charge is 0.153 e. The van der Waals surface area contributed by atoms with E-state index >= 15 is 0 Å². The van der Waals surface area contributed by atoms with Crippen molar-refractivity contribution in [3.05, 3.63) is 211 Å². The molecule has 8 aromatic rings. The second kappa shape index (κ2) is 17.9. The third kappa shape index (κ3) is 8.91. The Kier molecular flexibility index (Phi) is 11.7. The molecule has 7 heteroatoms. The predicted molar refractivity (Wildman–Crippen MR) is 245 cm³/mol. The molecule has 0 aliphatic heterocycles. The van der Waals surface area contributed by atoms with Gasteiger partial charge in [-0.1, -0.05) is 92.7 Å². The van der Waals surface area contributed by atoms with Gasteiger partial charge in [-0.05, 0) is 132 Å². The number of methoxy groups -OCH3 is 2. The Hall–Kier alpha value is -7.64. The second-order valence-corrected chi connectivity index (χ2v) is 14.7. The van der Waals surface area contributed by atoms with E-state index < -0.39 is 0 Å². The number of hydrogen-bond acceptors (Lipinski definition) is 7. The topological polar surface area (TPSA) is 64.2 Å². The number of nitrogens with one attached hydrogen (secondary N) is 2. The maximum Gasteiger partial charge on any atom is 0.153 e. The van der Waals surface area contributed by atoms with Crippen molar-refractivity contribution in [3.8, 4) is 34.5 Å². The molecule has 0 radical (unpaired) electrons. The Bertz CT molecular complexity index is 2570. The fourth-order valence-electron chi connectivity index (χ4n) is 7.11. The van der Waals surface area contributed by atoms with E-state index in [1.165, 1.54) is 0 Å². The van der Waals surface area contributed by atoms with Gasteiger partial charge >= 0.3 is 0 Å². The summed E-state index contributed by atoms with van der Waals surface area (Å²) in [6.07, 6.45) is 0. The van der Waals surface area contributed by atoms with Crippen LogP contribution in [0.2, 0.25) is 0 Å². The SMILES string of the molecule is COc1ccc(Nc2cccc(Oc3ccc(C(C)(C)c4ccc(Oc5ccccc5N(c5ccccc5)c5ccccc5)cc4)cc3)c2Nc2ccc(OC)cc2)cc1. The number of para-hydroxylation sites is 5. The van der Waals surface area contributed by atoms with Gasteiger partial charge in [0, 0.05) is 28.2 Å². The first kappa shape index (κ1) is 39.2. The van der Waals surface area contributed by atoms with Crippen LogP contribution in [0.5, 0.6) is 34.5 Å². The van der Waals surface area contributed by atoms with E-state index in [1.807, 2.05) is 121 Å². The first-order chi connectivity index (χ1) is 29.4. The summed E-state index contributed by atoms with van der Waals surface area (Å²) >= 11 is 0. The van der Waals surface area contributed by atoms with Gasteiger partial charge in [-0.3, -0.25) is 0 Å². The minimum absolute atomic E-state index is 0.296. The molecule has 0 fully saturated rings. The van der Waals surface area contributed by atoms with Crippen molar-refractivity contribution in [3.63, 3.8) is 0 Å². The molecule has 0 aromatic heterocycles. The molecule has 0 bridgehead atoms. The molecule has 0 atom stereocenters. The molecule has 0 aliphatic carbocycles. The third-order valence-electron chi connectivity index (χ3n) is 10.5. The summed E-state index contributed by atoms with van der Waals surface area (Å²) in [5.74, 6) is 4.48. The number of benzene rings is 8. The minimum atomic E-state index is -0.296. The summed E-state index contributed by atoms with van der Waals surface area (Å²) in [5.41, 5.74) is 8.52. The molecular weight excluding hydrogens is 743 g/mol. The fraction of sp³-hybridized carbons (Fsp3) is 0.0943. The average molecular weight is 790 g/mol. The number of anilines is 7. The molecule has 60 heavy (non-hydrogen) atoms. The summed E-state index contributed by atoms with van der Waals surface area (Å²) < 4.78 is 24.0. The van der Waals surface area contributed by atoms with Crippen LogP contribution in [0.25, 0.3) is 0 Å². The van der Waals surface area contributed by atoms with Gasteiger partial charge in [0.1, 0.15) is 28.7 Å². The van der Waals surface area contributed by atoms with Gasteiger partial charge in [-0.25, -0.2) is 0 Å². The van der Waals surface area contributed by atoms with Gasteiger partial charge < -0.3 is 34.5 Å². The van der Waals surface area contributed by atoms with Gasteiger partial charge in [0.2, 0.25) is 0 Å². The monoisotopic (exact) mass is 789 g/mol. The highest BCUT2D eigenvalue weighted by Gasteiger charge is 2.24. The highest BCUT2D eigenvalue weighted by Crippen LogP contribution is 2.43. The van der Waals surface area contributed by atoms with Crippen molar-refractivity contribution in [1.29, 1.82) is 0 Å². The highest BCUT2D eigenvalue weighted by atomic mass is 16.5. The minimum Gasteiger partial charge on any atom is -0.497 e. The molecule has 0 saturated carbocycles.